The summed E-state index contributed by atoms with van der Waals surface area (Å²) in [5.74, 6) is -1.06. The fourth-order valence-corrected chi connectivity index (χ4v) is 2.28. The number of hydrogen-bond donors (Lipinski definition) is 3. The van der Waals surface area contributed by atoms with Crippen LogP contribution in [0.5, 0.6) is 0 Å². The van der Waals surface area contributed by atoms with Crippen molar-refractivity contribution in [3.8, 4) is 0 Å². The van der Waals surface area contributed by atoms with Crippen LogP contribution in [0, 0.1) is 0 Å². The Labute approximate surface area is 107 Å². The van der Waals surface area contributed by atoms with E-state index in [9.17, 15) is 9.59 Å². The van der Waals surface area contributed by atoms with Gasteiger partial charge in [-0.2, -0.15) is 0 Å². The second-order valence-corrected chi connectivity index (χ2v) is 4.72. The highest BCUT2D eigenvalue weighted by Crippen LogP contribution is 2.22. The Morgan fingerprint density at radius 3 is 2.44 bits per heavy atom. The Hall–Kier alpha value is -1.30. The van der Waals surface area contributed by atoms with Gasteiger partial charge in [0.15, 0.2) is 0 Å². The van der Waals surface area contributed by atoms with Crippen LogP contribution in [0.1, 0.15) is 39.0 Å². The van der Waals surface area contributed by atoms with Crippen molar-refractivity contribution in [2.24, 2.45) is 0 Å². The minimum absolute atomic E-state index is 0.106. The van der Waals surface area contributed by atoms with Gasteiger partial charge in [-0.1, -0.05) is 19.3 Å². The molecular weight excluding hydrogens is 236 g/mol. The smallest absolute Gasteiger partial charge is 0.325 e. The number of carboxylic acid groups (broad SMARTS) is 1. The Morgan fingerprint density at radius 1 is 1.33 bits per heavy atom. The number of nitrogens with zero attached hydrogens (tertiary/aromatic N) is 1. The molecule has 0 aromatic carbocycles. The van der Waals surface area contributed by atoms with Gasteiger partial charge < -0.3 is 20.4 Å². The first-order valence-electron chi connectivity index (χ1n) is 6.47. The molecule has 3 N–H and O–H groups in total. The first-order chi connectivity index (χ1) is 8.56. The molecule has 6 heteroatoms. The number of carboxylic acids is 1. The Morgan fingerprint density at radius 2 is 1.94 bits per heavy atom. The number of aliphatic hydroxyl groups is 1. The third-order valence-electron chi connectivity index (χ3n) is 3.33. The molecule has 0 aromatic rings. The van der Waals surface area contributed by atoms with E-state index in [1.54, 1.807) is 4.90 Å². The predicted molar refractivity (Wildman–Crippen MR) is 66.3 cm³/mol. The van der Waals surface area contributed by atoms with Gasteiger partial charge in [0.1, 0.15) is 6.04 Å². The fraction of sp³-hybridized carbons (Fsp3) is 0.833. The number of rotatable bonds is 5. The first kappa shape index (κ1) is 14.8. The molecule has 0 saturated heterocycles. The summed E-state index contributed by atoms with van der Waals surface area (Å²) in [7, 11) is 0. The summed E-state index contributed by atoms with van der Waals surface area (Å²) < 4.78 is 0. The Kier molecular flexibility index (Phi) is 5.91. The summed E-state index contributed by atoms with van der Waals surface area (Å²) in [6.45, 7) is 1.58. The van der Waals surface area contributed by atoms with E-state index >= 15 is 0 Å². The molecule has 0 radical (unpaired) electrons. The van der Waals surface area contributed by atoms with Crippen molar-refractivity contribution in [2.45, 2.75) is 51.1 Å². The van der Waals surface area contributed by atoms with E-state index in [4.69, 9.17) is 10.2 Å². The van der Waals surface area contributed by atoms with Crippen molar-refractivity contribution in [3.63, 3.8) is 0 Å². The Bertz CT molecular complexity index is 290. The highest BCUT2D eigenvalue weighted by Gasteiger charge is 2.26. The van der Waals surface area contributed by atoms with Gasteiger partial charge in [0.2, 0.25) is 0 Å². The van der Waals surface area contributed by atoms with Gasteiger partial charge >= 0.3 is 12.0 Å². The molecule has 1 fully saturated rings. The fourth-order valence-electron chi connectivity index (χ4n) is 2.28. The summed E-state index contributed by atoms with van der Waals surface area (Å²) in [5, 5.41) is 20.2. The Balaban J connectivity index is 2.59. The summed E-state index contributed by atoms with van der Waals surface area (Å²) in [6.07, 6.45) is 5.18. The maximum Gasteiger partial charge on any atom is 0.325 e. The molecule has 1 rings (SSSR count). The number of carbonyl (C=O) groups excluding carboxylic acids is 1. The molecule has 0 aromatic heterocycles. The zero-order valence-corrected chi connectivity index (χ0v) is 10.8. The van der Waals surface area contributed by atoms with Gasteiger partial charge in [0.25, 0.3) is 0 Å². The highest BCUT2D eigenvalue weighted by atomic mass is 16.4. The van der Waals surface area contributed by atoms with Gasteiger partial charge in [-0.15, -0.1) is 0 Å². The molecule has 18 heavy (non-hydrogen) atoms. The van der Waals surface area contributed by atoms with E-state index < -0.39 is 18.0 Å². The van der Waals surface area contributed by atoms with Crippen molar-refractivity contribution in [1.29, 1.82) is 0 Å². The zero-order chi connectivity index (χ0) is 13.5. The predicted octanol–water partition coefficient (Wildman–Crippen LogP) is 0.796. The van der Waals surface area contributed by atoms with E-state index in [-0.39, 0.29) is 19.2 Å². The summed E-state index contributed by atoms with van der Waals surface area (Å²) in [4.78, 5) is 24.3. The van der Waals surface area contributed by atoms with Gasteiger partial charge in [0, 0.05) is 12.6 Å². The van der Waals surface area contributed by atoms with Gasteiger partial charge in [-0.25, -0.2) is 4.79 Å². The maximum absolute atomic E-state index is 12.0. The summed E-state index contributed by atoms with van der Waals surface area (Å²) in [6, 6.07) is -1.19. The van der Waals surface area contributed by atoms with Gasteiger partial charge in [0.05, 0.1) is 6.61 Å². The van der Waals surface area contributed by atoms with Crippen LogP contribution < -0.4 is 5.32 Å². The second kappa shape index (κ2) is 7.20. The van der Waals surface area contributed by atoms with Crippen molar-refractivity contribution < 1.29 is 19.8 Å². The van der Waals surface area contributed by atoms with Gasteiger partial charge in [-0.05, 0) is 19.8 Å². The minimum Gasteiger partial charge on any atom is -0.480 e. The van der Waals surface area contributed by atoms with Crippen LogP contribution in [0.2, 0.25) is 0 Å². The average Bonchev–Trinajstić information content (AvgIpc) is 2.36. The standard InChI is InChI=1S/C12H22N2O4/c1-9(11(16)17)13-12(18)14(7-8-15)10-5-3-2-4-6-10/h9-10,15H,2-8H2,1H3,(H,13,18)(H,16,17)/t9-/m0/s1. The lowest BCUT2D eigenvalue weighted by Gasteiger charge is -2.34. The molecule has 1 aliphatic carbocycles. The monoisotopic (exact) mass is 258 g/mol. The molecule has 1 aliphatic rings. The average molecular weight is 258 g/mol. The zero-order valence-electron chi connectivity index (χ0n) is 10.8. The van der Waals surface area contributed by atoms with Crippen LogP contribution in [-0.2, 0) is 4.79 Å². The summed E-state index contributed by atoms with van der Waals surface area (Å²) in [5.41, 5.74) is 0. The largest absolute Gasteiger partial charge is 0.480 e. The van der Waals surface area contributed by atoms with E-state index in [2.05, 4.69) is 5.32 Å². The molecule has 0 unspecified atom stereocenters. The molecule has 1 atom stereocenters. The van der Waals surface area contributed by atoms with Gasteiger partial charge in [-0.3, -0.25) is 4.79 Å². The number of aliphatic carboxylic acids is 1. The molecule has 0 aliphatic heterocycles. The van der Waals surface area contributed by atoms with E-state index in [1.165, 1.54) is 13.3 Å². The normalized spacial score (nSPS) is 18.1. The molecule has 0 spiro atoms. The number of urea groups is 1. The second-order valence-electron chi connectivity index (χ2n) is 4.72. The molecule has 0 bridgehead atoms. The number of nitrogens with one attached hydrogen (secondary N) is 1. The number of amides is 2. The minimum atomic E-state index is -1.06. The number of aliphatic hydroxyl groups excluding tert-OH is 1. The molecule has 2 amide bonds. The van der Waals surface area contributed by atoms with Crippen molar-refractivity contribution in [3.05, 3.63) is 0 Å². The SMILES string of the molecule is C[C@H](NC(=O)N(CCO)C1CCCCC1)C(=O)O. The summed E-state index contributed by atoms with van der Waals surface area (Å²) >= 11 is 0. The molecule has 104 valence electrons. The lowest BCUT2D eigenvalue weighted by Crippen LogP contribution is -2.51. The highest BCUT2D eigenvalue weighted by molar-refractivity contribution is 5.82. The maximum atomic E-state index is 12.0. The van der Waals surface area contributed by atoms with Crippen molar-refractivity contribution in [2.75, 3.05) is 13.2 Å². The third-order valence-corrected chi connectivity index (χ3v) is 3.33. The van der Waals surface area contributed by atoms with Crippen LogP contribution in [0.15, 0.2) is 0 Å². The quantitative estimate of drug-likeness (QED) is 0.680. The lowest BCUT2D eigenvalue weighted by atomic mass is 9.94. The van der Waals surface area contributed by atoms with Crippen LogP contribution in [0.4, 0.5) is 4.79 Å². The van der Waals surface area contributed by atoms with Crippen LogP contribution >= 0.6 is 0 Å². The number of hydrogen-bond acceptors (Lipinski definition) is 3. The molecule has 0 heterocycles. The van der Waals surface area contributed by atoms with Crippen LogP contribution in [-0.4, -0.2) is 52.3 Å². The third kappa shape index (κ3) is 4.18. The molecule has 1 saturated carbocycles. The lowest BCUT2D eigenvalue weighted by molar-refractivity contribution is -0.138. The van der Waals surface area contributed by atoms with E-state index in [0.717, 1.165) is 25.7 Å². The van der Waals surface area contributed by atoms with E-state index in [1.807, 2.05) is 0 Å². The van der Waals surface area contributed by atoms with E-state index in [0.29, 0.717) is 0 Å². The first-order valence-corrected chi connectivity index (χ1v) is 6.47. The van der Waals surface area contributed by atoms with Crippen molar-refractivity contribution in [1.82, 2.24) is 10.2 Å². The molecular formula is C12H22N2O4. The van der Waals surface area contributed by atoms with Crippen molar-refractivity contribution >= 4 is 12.0 Å². The van der Waals surface area contributed by atoms with Crippen LogP contribution in [0.3, 0.4) is 0 Å². The topological polar surface area (TPSA) is 89.9 Å². The number of carbonyl (C=O) groups is 2. The van der Waals surface area contributed by atoms with Crippen LogP contribution in [0.25, 0.3) is 0 Å². The molecule has 6 nitrogen and oxygen atoms in total.